The Hall–Kier alpha value is -4.78. The van der Waals surface area contributed by atoms with E-state index in [2.05, 4.69) is 0 Å². The average molecular weight is 475 g/mol. The summed E-state index contributed by atoms with van der Waals surface area (Å²) in [7, 11) is 4.79. The largest absolute Gasteiger partial charge is 0.493 e. The number of hydrogen-bond acceptors (Lipinski definition) is 7. The normalized spacial score (nSPS) is 19.0. The Morgan fingerprint density at radius 2 is 1.06 bits per heavy atom. The highest BCUT2D eigenvalue weighted by atomic mass is 16.5. The van der Waals surface area contributed by atoms with Gasteiger partial charge in [-0.25, -0.2) is 20.0 Å². The van der Waals surface area contributed by atoms with Crippen molar-refractivity contribution < 1.29 is 14.2 Å². The molecule has 0 atom stereocenters. The highest BCUT2D eigenvalue weighted by Gasteiger charge is 2.23. The third kappa shape index (κ3) is 3.90. The van der Waals surface area contributed by atoms with Gasteiger partial charge < -0.3 is 14.2 Å². The molecular weight excluding hydrogens is 452 g/mol. The summed E-state index contributed by atoms with van der Waals surface area (Å²) in [6.07, 6.45) is 21.7. The quantitative estimate of drug-likeness (QED) is 0.607. The van der Waals surface area contributed by atoms with Crippen molar-refractivity contribution in [2.45, 2.75) is 0 Å². The van der Waals surface area contributed by atoms with Gasteiger partial charge in [-0.05, 0) is 84.5 Å². The molecule has 0 spiro atoms. The Balaban J connectivity index is 1.57. The lowest BCUT2D eigenvalue weighted by atomic mass is 9.97. The molecule has 0 saturated carbocycles. The van der Waals surface area contributed by atoms with Crippen LogP contribution >= 0.6 is 0 Å². The van der Waals surface area contributed by atoms with Gasteiger partial charge in [0.2, 0.25) is 5.75 Å². The molecule has 7 nitrogen and oxygen atoms in total. The second-order valence-electron chi connectivity index (χ2n) is 8.32. The van der Waals surface area contributed by atoms with E-state index in [1.807, 2.05) is 79.0 Å². The van der Waals surface area contributed by atoms with E-state index in [1.165, 1.54) is 0 Å². The summed E-state index contributed by atoms with van der Waals surface area (Å²) < 4.78 is 16.8. The average Bonchev–Trinajstić information content (AvgIpc) is 3.69. The lowest BCUT2D eigenvalue weighted by Crippen LogP contribution is -2.03. The summed E-state index contributed by atoms with van der Waals surface area (Å²) in [4.78, 5) is 19.2. The van der Waals surface area contributed by atoms with Crippen molar-refractivity contribution in [2.24, 2.45) is 20.0 Å². The first-order valence-electron chi connectivity index (χ1n) is 11.4. The van der Waals surface area contributed by atoms with E-state index in [4.69, 9.17) is 34.2 Å². The van der Waals surface area contributed by atoms with Crippen LogP contribution in [0.2, 0.25) is 0 Å². The summed E-state index contributed by atoms with van der Waals surface area (Å²) in [5, 5.41) is 0. The van der Waals surface area contributed by atoms with Crippen molar-refractivity contribution in [3.63, 3.8) is 0 Å². The highest BCUT2D eigenvalue weighted by Crippen LogP contribution is 2.42. The molecule has 0 radical (unpaired) electrons. The third-order valence-corrected chi connectivity index (χ3v) is 6.04. The van der Waals surface area contributed by atoms with E-state index in [9.17, 15) is 0 Å². The molecule has 0 unspecified atom stereocenters. The third-order valence-electron chi connectivity index (χ3n) is 6.04. The number of nitrogens with zero attached hydrogens (tertiary/aromatic N) is 4. The number of hydrogen-bond donors (Lipinski definition) is 0. The van der Waals surface area contributed by atoms with E-state index in [0.29, 0.717) is 17.2 Å². The smallest absolute Gasteiger partial charge is 0.203 e. The molecule has 8 bridgehead atoms. The number of methoxy groups -OCH3 is 3. The van der Waals surface area contributed by atoms with E-state index in [1.54, 1.807) is 21.3 Å². The zero-order chi connectivity index (χ0) is 24.6. The molecule has 0 fully saturated rings. The zero-order valence-corrected chi connectivity index (χ0v) is 20.0. The van der Waals surface area contributed by atoms with Gasteiger partial charge in [0.1, 0.15) is 0 Å². The predicted molar refractivity (Wildman–Crippen MR) is 144 cm³/mol. The standard InChI is InChI=1S/C29H22N4O3/c1-34-26-12-17(13-27(35-2)29(26)36-3)28-24-10-8-22(32-24)15-20-6-4-18(30-20)14-19-5-7-21(31-19)16-23-9-11-25(28)33-23/h4-16H,1-3H3. The maximum absolute atomic E-state index is 5.62. The first-order valence-corrected chi connectivity index (χ1v) is 11.4. The first-order chi connectivity index (χ1) is 17.6. The van der Waals surface area contributed by atoms with E-state index in [-0.39, 0.29) is 0 Å². The monoisotopic (exact) mass is 474 g/mol. The van der Waals surface area contributed by atoms with Crippen molar-refractivity contribution in [2.75, 3.05) is 21.3 Å². The van der Waals surface area contributed by atoms with Gasteiger partial charge in [0, 0.05) is 5.57 Å². The lowest BCUT2D eigenvalue weighted by Gasteiger charge is -2.16. The van der Waals surface area contributed by atoms with Crippen LogP contribution in [0.15, 0.2) is 122 Å². The number of fused-ring (bicyclic) bond motifs is 4. The maximum atomic E-state index is 5.62. The Morgan fingerprint density at radius 1 is 0.528 bits per heavy atom. The van der Waals surface area contributed by atoms with Gasteiger partial charge in [0.05, 0.1) is 67.0 Å². The van der Waals surface area contributed by atoms with Crippen molar-refractivity contribution in [3.8, 4) is 17.2 Å². The van der Waals surface area contributed by atoms with Gasteiger partial charge >= 0.3 is 0 Å². The van der Waals surface area contributed by atoms with Crippen LogP contribution in [0.5, 0.6) is 17.2 Å². The summed E-state index contributed by atoms with van der Waals surface area (Å²) >= 11 is 0. The number of aliphatic imine (C=N–C) groups is 4. The molecule has 6 rings (SSSR count). The Bertz CT molecular complexity index is 1540. The predicted octanol–water partition coefficient (Wildman–Crippen LogP) is 5.13. The summed E-state index contributed by atoms with van der Waals surface area (Å²) in [6.45, 7) is 0. The molecular formula is C29H22N4O3. The van der Waals surface area contributed by atoms with Crippen molar-refractivity contribution >= 4 is 28.4 Å². The maximum Gasteiger partial charge on any atom is 0.203 e. The molecule has 36 heavy (non-hydrogen) atoms. The van der Waals surface area contributed by atoms with Gasteiger partial charge in [-0.3, -0.25) is 0 Å². The van der Waals surface area contributed by atoms with Gasteiger partial charge in [-0.15, -0.1) is 0 Å². The number of allylic oxidation sites excluding steroid dienone is 12. The molecule has 7 heteroatoms. The Kier molecular flexibility index (Phi) is 5.30. The van der Waals surface area contributed by atoms with Crippen LogP contribution in [0, 0.1) is 0 Å². The number of ether oxygens (including phenoxy) is 3. The fourth-order valence-corrected chi connectivity index (χ4v) is 4.41. The molecule has 0 aromatic heterocycles. The second kappa shape index (κ2) is 8.78. The van der Waals surface area contributed by atoms with Gasteiger partial charge in [0.15, 0.2) is 11.5 Å². The fourth-order valence-electron chi connectivity index (χ4n) is 4.41. The molecule has 176 valence electrons. The summed E-state index contributed by atoms with van der Waals surface area (Å²) in [5.41, 5.74) is 8.22. The van der Waals surface area contributed by atoms with Gasteiger partial charge in [-0.1, -0.05) is 0 Å². The summed E-state index contributed by atoms with van der Waals surface area (Å²) in [6, 6.07) is 3.83. The fraction of sp³-hybridized carbons (Fsp3) is 0.103. The molecule has 0 saturated heterocycles. The van der Waals surface area contributed by atoms with Crippen molar-refractivity contribution in [3.05, 3.63) is 107 Å². The minimum absolute atomic E-state index is 0.527. The molecule has 0 aliphatic carbocycles. The zero-order valence-electron chi connectivity index (χ0n) is 20.0. The molecule has 5 heterocycles. The van der Waals surface area contributed by atoms with Crippen LogP contribution < -0.4 is 14.2 Å². The SMILES string of the molecule is COc1cc(C2=C3C=CC(=N3)C=C3C=CC(=N3)C=C3C=CC(=N3)C=C3C=CC2=N3)cc(OC)c1OC. The molecule has 0 amide bonds. The van der Waals surface area contributed by atoms with Crippen LogP contribution in [0.3, 0.4) is 0 Å². The van der Waals surface area contributed by atoms with Crippen LogP contribution in [0.4, 0.5) is 0 Å². The van der Waals surface area contributed by atoms with E-state index < -0.39 is 0 Å². The summed E-state index contributed by atoms with van der Waals surface area (Å²) in [5.74, 6) is 1.64. The van der Waals surface area contributed by atoms with Crippen LogP contribution in [-0.4, -0.2) is 44.2 Å². The number of rotatable bonds is 4. The second-order valence-corrected chi connectivity index (χ2v) is 8.32. The van der Waals surface area contributed by atoms with Crippen molar-refractivity contribution in [1.29, 1.82) is 0 Å². The van der Waals surface area contributed by atoms with Crippen molar-refractivity contribution in [1.82, 2.24) is 0 Å². The van der Waals surface area contributed by atoms with E-state index in [0.717, 1.165) is 56.8 Å². The number of benzene rings is 1. The minimum Gasteiger partial charge on any atom is -0.493 e. The van der Waals surface area contributed by atoms with Crippen LogP contribution in [-0.2, 0) is 0 Å². The highest BCUT2D eigenvalue weighted by molar-refractivity contribution is 6.32. The first kappa shape index (κ1) is 21.7. The van der Waals surface area contributed by atoms with Gasteiger partial charge in [-0.2, -0.15) is 0 Å². The van der Waals surface area contributed by atoms with Crippen LogP contribution in [0.25, 0.3) is 5.57 Å². The topological polar surface area (TPSA) is 77.1 Å². The lowest BCUT2D eigenvalue weighted by molar-refractivity contribution is 0.324. The molecule has 5 aliphatic heterocycles. The Labute approximate surface area is 208 Å². The molecule has 1 aromatic rings. The van der Waals surface area contributed by atoms with Gasteiger partial charge in [0.25, 0.3) is 0 Å². The minimum atomic E-state index is 0.527. The molecule has 0 N–H and O–H groups in total. The Morgan fingerprint density at radius 3 is 1.64 bits per heavy atom. The molecule has 1 aromatic carbocycles. The molecule has 5 aliphatic rings. The van der Waals surface area contributed by atoms with Crippen LogP contribution in [0.1, 0.15) is 5.56 Å². The van der Waals surface area contributed by atoms with E-state index >= 15 is 0 Å².